The zero-order valence-electron chi connectivity index (χ0n) is 22.9. The van der Waals surface area contributed by atoms with Crippen molar-refractivity contribution in [2.45, 2.75) is 130 Å². The van der Waals surface area contributed by atoms with Crippen LogP contribution >= 0.6 is 15.9 Å². The number of ether oxygens (including phenoxy) is 1. The van der Waals surface area contributed by atoms with E-state index in [-0.39, 0.29) is 16.9 Å². The van der Waals surface area contributed by atoms with Crippen LogP contribution in [0.3, 0.4) is 0 Å². The summed E-state index contributed by atoms with van der Waals surface area (Å²) < 4.78 is 5.90. The second kappa shape index (κ2) is 10.6. The van der Waals surface area contributed by atoms with Crippen molar-refractivity contribution in [3.63, 3.8) is 0 Å². The van der Waals surface area contributed by atoms with Crippen molar-refractivity contribution < 1.29 is 9.53 Å². The molecule has 0 heterocycles. The summed E-state index contributed by atoms with van der Waals surface area (Å²) >= 11 is 3.49. The topological polar surface area (TPSA) is 26.3 Å². The normalized spacial score (nSPS) is 41.2. The number of hydrogen-bond acceptors (Lipinski definition) is 2. The first-order valence-electron chi connectivity index (χ1n) is 14.6. The van der Waals surface area contributed by atoms with Crippen LogP contribution in [0.4, 0.5) is 0 Å². The maximum atomic E-state index is 12.3. The van der Waals surface area contributed by atoms with Crippen LogP contribution in [0, 0.1) is 46.3 Å². The van der Waals surface area contributed by atoms with Gasteiger partial charge in [-0.1, -0.05) is 88.4 Å². The third-order valence-electron chi connectivity index (χ3n) is 11.0. The molecule has 0 aromatic rings. The van der Waals surface area contributed by atoms with E-state index in [9.17, 15) is 4.79 Å². The van der Waals surface area contributed by atoms with Gasteiger partial charge < -0.3 is 4.74 Å². The van der Waals surface area contributed by atoms with Crippen LogP contribution in [0.2, 0.25) is 0 Å². The molecule has 0 amide bonds. The molecule has 0 aromatic heterocycles. The van der Waals surface area contributed by atoms with Gasteiger partial charge in [0.1, 0.15) is 6.10 Å². The lowest BCUT2D eigenvalue weighted by molar-refractivity contribution is -0.151. The summed E-state index contributed by atoms with van der Waals surface area (Å²) in [7, 11) is 0. The molecule has 4 rings (SSSR count). The molecule has 0 bridgehead atoms. The lowest BCUT2D eigenvalue weighted by Crippen LogP contribution is -2.51. The Morgan fingerprint density at radius 3 is 2.53 bits per heavy atom. The summed E-state index contributed by atoms with van der Waals surface area (Å²) in [5, 5.41) is 0. The van der Waals surface area contributed by atoms with Crippen LogP contribution in [0.5, 0.6) is 0 Å². The molecule has 0 aliphatic heterocycles. The lowest BCUT2D eigenvalue weighted by atomic mass is 9.47. The van der Waals surface area contributed by atoms with E-state index in [1.807, 2.05) is 6.92 Å². The van der Waals surface area contributed by atoms with Crippen LogP contribution < -0.4 is 0 Å². The molecule has 3 fully saturated rings. The van der Waals surface area contributed by atoms with Crippen molar-refractivity contribution in [3.05, 3.63) is 11.6 Å². The minimum Gasteiger partial charge on any atom is -0.462 e. The van der Waals surface area contributed by atoms with Crippen molar-refractivity contribution >= 4 is 21.9 Å². The number of rotatable bonds is 8. The fourth-order valence-corrected chi connectivity index (χ4v) is 9.48. The number of carbonyl (C=O) groups excluding carboxylic acids is 1. The molecular formula is C31H51BrO2. The summed E-state index contributed by atoms with van der Waals surface area (Å²) in [5.41, 5.74) is 2.50. The molecular weight excluding hydrogens is 484 g/mol. The van der Waals surface area contributed by atoms with E-state index in [1.54, 1.807) is 5.57 Å². The Kier molecular flexibility index (Phi) is 8.33. The Balaban J connectivity index is 1.42. The van der Waals surface area contributed by atoms with E-state index in [4.69, 9.17) is 4.74 Å². The van der Waals surface area contributed by atoms with Gasteiger partial charge in [-0.15, -0.1) is 0 Å². The predicted octanol–water partition coefficient (Wildman–Crippen LogP) is 9.11. The van der Waals surface area contributed by atoms with Gasteiger partial charge in [-0.05, 0) is 91.3 Å². The van der Waals surface area contributed by atoms with Crippen LogP contribution in [0.1, 0.15) is 119 Å². The maximum Gasteiger partial charge on any atom is 0.307 e. The number of halogens is 1. The molecule has 194 valence electrons. The monoisotopic (exact) mass is 534 g/mol. The summed E-state index contributed by atoms with van der Waals surface area (Å²) in [6.45, 7) is 14.6. The molecule has 34 heavy (non-hydrogen) atoms. The van der Waals surface area contributed by atoms with Gasteiger partial charge in [0.25, 0.3) is 0 Å². The second-order valence-corrected chi connectivity index (χ2v) is 15.2. The number of fused-ring (bicyclic) bond motifs is 5. The molecule has 9 atom stereocenters. The summed E-state index contributed by atoms with van der Waals surface area (Å²) in [6.07, 6.45) is 17.6. The highest BCUT2D eigenvalue weighted by Crippen LogP contribution is 2.67. The molecule has 0 N–H and O–H groups in total. The Labute approximate surface area is 218 Å². The Morgan fingerprint density at radius 2 is 1.82 bits per heavy atom. The zero-order valence-corrected chi connectivity index (χ0v) is 24.5. The highest BCUT2D eigenvalue weighted by Gasteiger charge is 2.59. The average Bonchev–Trinajstić information content (AvgIpc) is 3.10. The molecule has 0 spiro atoms. The largest absolute Gasteiger partial charge is 0.462 e. The fourth-order valence-electron chi connectivity index (χ4n) is 9.22. The van der Waals surface area contributed by atoms with E-state index in [0.29, 0.717) is 17.3 Å². The molecule has 3 heteroatoms. The highest BCUT2D eigenvalue weighted by molar-refractivity contribution is 9.09. The van der Waals surface area contributed by atoms with Crippen molar-refractivity contribution in [1.82, 2.24) is 0 Å². The van der Waals surface area contributed by atoms with Crippen LogP contribution in [-0.2, 0) is 9.53 Å². The minimum atomic E-state index is -0.0415. The molecule has 2 nitrogen and oxygen atoms in total. The molecule has 4 aliphatic rings. The van der Waals surface area contributed by atoms with Gasteiger partial charge in [-0.3, -0.25) is 4.79 Å². The van der Waals surface area contributed by atoms with Crippen molar-refractivity contribution in [2.75, 3.05) is 0 Å². The first-order chi connectivity index (χ1) is 16.0. The van der Waals surface area contributed by atoms with Gasteiger partial charge in [0.15, 0.2) is 0 Å². The smallest absolute Gasteiger partial charge is 0.307 e. The number of hydrogen-bond donors (Lipinski definition) is 0. The minimum absolute atomic E-state index is 0.0415. The van der Waals surface area contributed by atoms with Crippen molar-refractivity contribution in [1.29, 1.82) is 0 Å². The number of alkyl halides is 1. The van der Waals surface area contributed by atoms with Gasteiger partial charge in [0.2, 0.25) is 0 Å². The molecule has 0 unspecified atom stereocenters. The van der Waals surface area contributed by atoms with Crippen molar-refractivity contribution in [3.8, 4) is 0 Å². The maximum absolute atomic E-state index is 12.3. The third-order valence-corrected chi connectivity index (χ3v) is 11.3. The Bertz CT molecular complexity index is 757. The number of carbonyl (C=O) groups is 1. The molecule has 0 saturated heterocycles. The summed E-state index contributed by atoms with van der Waals surface area (Å²) in [5.74, 6) is 5.21. The Morgan fingerprint density at radius 1 is 1.06 bits per heavy atom. The SMILES string of the molecule is CC(C)CCC[C@H](C)[C@H]1CC[C@H]2[C@@H]3CC=C4C[C@@H](OC(=O)C[C@@H](C)Br)CC[C@]4(C)[C@H]3CC[C@]12C. The first kappa shape index (κ1) is 26.7. The molecule has 0 radical (unpaired) electrons. The van der Waals surface area contributed by atoms with Gasteiger partial charge in [0.05, 0.1) is 6.42 Å². The summed E-state index contributed by atoms with van der Waals surface area (Å²) in [6, 6.07) is 0. The first-order valence-corrected chi connectivity index (χ1v) is 15.5. The standard InChI is InChI=1S/C31H51BrO2/c1-20(2)8-7-9-21(3)26-12-13-27-25-11-10-23-19-24(34-29(33)18-22(4)32)14-16-30(23,5)28(25)15-17-31(26,27)6/h10,20-22,24-28H,7-9,11-19H2,1-6H3/t21-,22+,24-,25-,26+,27-,28-,30-,31+/m0/s1. The van der Waals surface area contributed by atoms with E-state index in [2.05, 4.69) is 56.6 Å². The van der Waals surface area contributed by atoms with E-state index in [1.165, 1.54) is 57.8 Å². The molecule has 4 aliphatic carbocycles. The van der Waals surface area contributed by atoms with Crippen LogP contribution in [0.25, 0.3) is 0 Å². The van der Waals surface area contributed by atoms with Gasteiger partial charge in [-0.25, -0.2) is 0 Å². The van der Waals surface area contributed by atoms with E-state index >= 15 is 0 Å². The molecule has 0 aromatic carbocycles. The Hall–Kier alpha value is -0.310. The van der Waals surface area contributed by atoms with Gasteiger partial charge >= 0.3 is 5.97 Å². The van der Waals surface area contributed by atoms with Crippen LogP contribution in [0.15, 0.2) is 11.6 Å². The van der Waals surface area contributed by atoms with E-state index in [0.717, 1.165) is 48.3 Å². The summed E-state index contributed by atoms with van der Waals surface area (Å²) in [4.78, 5) is 12.5. The second-order valence-electron chi connectivity index (χ2n) is 13.6. The number of esters is 1. The van der Waals surface area contributed by atoms with Gasteiger partial charge in [0, 0.05) is 11.2 Å². The predicted molar refractivity (Wildman–Crippen MR) is 146 cm³/mol. The zero-order chi connectivity index (χ0) is 24.7. The average molecular weight is 536 g/mol. The third kappa shape index (κ3) is 5.21. The lowest BCUT2D eigenvalue weighted by Gasteiger charge is -2.58. The van der Waals surface area contributed by atoms with Gasteiger partial charge in [-0.2, -0.15) is 0 Å². The number of allylic oxidation sites excluding steroid dienone is 1. The fraction of sp³-hybridized carbons (Fsp3) is 0.903. The van der Waals surface area contributed by atoms with Crippen molar-refractivity contribution in [2.24, 2.45) is 46.3 Å². The quantitative estimate of drug-likeness (QED) is 0.176. The highest BCUT2D eigenvalue weighted by atomic mass is 79.9. The molecule has 3 saturated carbocycles. The van der Waals surface area contributed by atoms with E-state index < -0.39 is 0 Å². The van der Waals surface area contributed by atoms with Crippen LogP contribution in [-0.4, -0.2) is 16.9 Å².